The highest BCUT2D eigenvalue weighted by atomic mass is 16.5. The zero-order valence-corrected chi connectivity index (χ0v) is 15.6. The lowest BCUT2D eigenvalue weighted by atomic mass is 9.80. The minimum Gasteiger partial charge on any atom is -0.507 e. The Kier molecular flexibility index (Phi) is 3.89. The number of aromatic hydroxyl groups is 2. The molecule has 1 unspecified atom stereocenters. The number of rotatable bonds is 1. The molecule has 0 saturated carbocycles. The van der Waals surface area contributed by atoms with Crippen molar-refractivity contribution in [2.24, 2.45) is 0 Å². The van der Waals surface area contributed by atoms with E-state index in [9.17, 15) is 24.6 Å². The predicted octanol–water partition coefficient (Wildman–Crippen LogP) is 1.39. The van der Waals surface area contributed by atoms with Crippen LogP contribution < -0.4 is 10.4 Å². The van der Waals surface area contributed by atoms with Crippen molar-refractivity contribution in [1.29, 1.82) is 0 Å². The highest BCUT2D eigenvalue weighted by Gasteiger charge is 2.36. The molecule has 0 aromatic heterocycles. The summed E-state index contributed by atoms with van der Waals surface area (Å²) in [5.74, 6) is -2.24. The van der Waals surface area contributed by atoms with Crippen LogP contribution in [0.25, 0.3) is 12.2 Å². The molecule has 0 amide bonds. The number of aryl methyl sites for hydroxylation is 2. The summed E-state index contributed by atoms with van der Waals surface area (Å²) in [7, 11) is 0. The molecule has 4 rings (SSSR count). The van der Waals surface area contributed by atoms with E-state index < -0.39 is 29.4 Å². The van der Waals surface area contributed by atoms with Gasteiger partial charge in [0.2, 0.25) is 0 Å². The fourth-order valence-electron chi connectivity index (χ4n) is 3.82. The standard InChI is InChI=1S/C22H18O6/c1-9-6-14-15(7-10(9)2)21(26)18-17(20(14)25)19(24)13-5-4-12(28-11(3)23)8-16(13)22(18)27/h5-8,12,24,27H,4H2,1-3H3. The number of phenols is 2. The van der Waals surface area contributed by atoms with Gasteiger partial charge in [0.05, 0.1) is 11.1 Å². The molecule has 0 spiro atoms. The normalized spacial score (nSPS) is 17.0. The molecule has 0 bridgehead atoms. The Morgan fingerprint density at radius 2 is 1.46 bits per heavy atom. The van der Waals surface area contributed by atoms with Crippen molar-refractivity contribution in [2.75, 3.05) is 0 Å². The van der Waals surface area contributed by atoms with Gasteiger partial charge < -0.3 is 14.9 Å². The molecule has 0 aliphatic heterocycles. The number of ether oxygens (including phenoxy) is 1. The third-order valence-electron chi connectivity index (χ3n) is 5.33. The van der Waals surface area contributed by atoms with Gasteiger partial charge in [-0.05, 0) is 43.2 Å². The zero-order valence-electron chi connectivity index (χ0n) is 15.6. The molecule has 2 N–H and O–H groups in total. The number of phenolic OH excluding ortho intramolecular Hbond substituents is 2. The molecular formula is C22H18O6. The quantitative estimate of drug-likeness (QED) is 0.490. The molecule has 1 atom stereocenters. The van der Waals surface area contributed by atoms with E-state index in [1.54, 1.807) is 18.2 Å². The molecule has 2 aliphatic rings. The maximum Gasteiger partial charge on any atom is 0.303 e. The largest absolute Gasteiger partial charge is 0.507 e. The third-order valence-corrected chi connectivity index (χ3v) is 5.33. The molecule has 0 fully saturated rings. The maximum absolute atomic E-state index is 13.1. The zero-order chi connectivity index (χ0) is 20.3. The van der Waals surface area contributed by atoms with Crippen LogP contribution in [0.15, 0.2) is 12.1 Å². The first kappa shape index (κ1) is 18.0. The molecule has 0 radical (unpaired) electrons. The van der Waals surface area contributed by atoms with E-state index in [0.29, 0.717) is 0 Å². The first-order chi connectivity index (χ1) is 13.2. The van der Waals surface area contributed by atoms with E-state index in [2.05, 4.69) is 0 Å². The number of hydrogen-bond acceptors (Lipinski definition) is 6. The number of hydrogen-bond donors (Lipinski definition) is 2. The van der Waals surface area contributed by atoms with Crippen LogP contribution in [0.2, 0.25) is 0 Å². The lowest BCUT2D eigenvalue weighted by Gasteiger charge is -2.23. The molecule has 6 heteroatoms. The number of ketones is 2. The van der Waals surface area contributed by atoms with Crippen molar-refractivity contribution in [2.45, 2.75) is 33.3 Å². The van der Waals surface area contributed by atoms with Crippen molar-refractivity contribution in [1.82, 2.24) is 0 Å². The molecule has 2 aliphatic carbocycles. The van der Waals surface area contributed by atoms with Gasteiger partial charge in [0.15, 0.2) is 11.6 Å². The second kappa shape index (κ2) is 6.05. The Hall–Kier alpha value is -3.41. The highest BCUT2D eigenvalue weighted by Crippen LogP contribution is 2.35. The molecule has 2 aromatic carbocycles. The lowest BCUT2D eigenvalue weighted by molar-refractivity contribution is -0.143. The van der Waals surface area contributed by atoms with Gasteiger partial charge in [-0.25, -0.2) is 0 Å². The Morgan fingerprint density at radius 3 is 1.96 bits per heavy atom. The lowest BCUT2D eigenvalue weighted by Crippen LogP contribution is -2.37. The monoisotopic (exact) mass is 378 g/mol. The van der Waals surface area contributed by atoms with E-state index in [0.717, 1.165) is 11.1 Å². The second-order valence-corrected chi connectivity index (χ2v) is 7.17. The predicted molar refractivity (Wildman–Crippen MR) is 101 cm³/mol. The number of esters is 1. The van der Waals surface area contributed by atoms with Crippen molar-refractivity contribution in [3.63, 3.8) is 0 Å². The topological polar surface area (TPSA) is 101 Å². The highest BCUT2D eigenvalue weighted by molar-refractivity contribution is 6.30. The van der Waals surface area contributed by atoms with Crippen LogP contribution >= 0.6 is 0 Å². The minimum atomic E-state index is -0.625. The molecule has 142 valence electrons. The third kappa shape index (κ3) is 2.45. The van der Waals surface area contributed by atoms with Gasteiger partial charge in [-0.1, -0.05) is 6.08 Å². The van der Waals surface area contributed by atoms with E-state index >= 15 is 0 Å². The van der Waals surface area contributed by atoms with Gasteiger partial charge in [0.1, 0.15) is 17.6 Å². The molecule has 2 aromatic rings. The first-order valence-electron chi connectivity index (χ1n) is 8.88. The Labute approximate surface area is 160 Å². The van der Waals surface area contributed by atoms with Gasteiger partial charge in [-0.3, -0.25) is 14.4 Å². The van der Waals surface area contributed by atoms with Crippen molar-refractivity contribution < 1.29 is 29.3 Å². The second-order valence-electron chi connectivity index (χ2n) is 7.17. The van der Waals surface area contributed by atoms with Gasteiger partial charge in [-0.15, -0.1) is 0 Å². The van der Waals surface area contributed by atoms with E-state index in [-0.39, 0.29) is 44.9 Å². The SMILES string of the molecule is CC(=O)OC1C=c2c(O)c3c(c(O)c2=CC1)C(=O)c1cc(C)c(C)cc1C3=O. The summed E-state index contributed by atoms with van der Waals surface area (Å²) in [6, 6.07) is 3.26. The number of benzene rings is 2. The Bertz CT molecular complexity index is 1220. The summed E-state index contributed by atoms with van der Waals surface area (Å²) in [6.07, 6.45) is 2.74. The fourth-order valence-corrected chi connectivity index (χ4v) is 3.82. The van der Waals surface area contributed by atoms with E-state index in [1.807, 2.05) is 13.8 Å². The maximum atomic E-state index is 13.1. The number of fused-ring (bicyclic) bond motifs is 3. The molecule has 0 heterocycles. The van der Waals surface area contributed by atoms with Crippen molar-refractivity contribution in [3.8, 4) is 11.5 Å². The minimum absolute atomic E-state index is 0.183. The summed E-state index contributed by atoms with van der Waals surface area (Å²) < 4.78 is 5.15. The Balaban J connectivity index is 2.03. The fraction of sp³-hybridized carbons (Fsp3) is 0.227. The van der Waals surface area contributed by atoms with Crippen LogP contribution in [0, 0.1) is 13.8 Å². The summed E-state index contributed by atoms with van der Waals surface area (Å²) in [6.45, 7) is 4.95. The molecule has 28 heavy (non-hydrogen) atoms. The average molecular weight is 378 g/mol. The van der Waals surface area contributed by atoms with Crippen LogP contribution in [-0.4, -0.2) is 33.9 Å². The summed E-state index contributed by atoms with van der Waals surface area (Å²) in [5.41, 5.74) is 1.71. The van der Waals surface area contributed by atoms with Gasteiger partial charge >= 0.3 is 5.97 Å². The van der Waals surface area contributed by atoms with Crippen LogP contribution in [0.5, 0.6) is 11.5 Å². The average Bonchev–Trinajstić information content (AvgIpc) is 2.63. The van der Waals surface area contributed by atoms with Crippen LogP contribution in [0.1, 0.15) is 56.3 Å². The molecule has 0 saturated heterocycles. The van der Waals surface area contributed by atoms with Gasteiger partial charge in [0, 0.05) is 34.9 Å². The van der Waals surface area contributed by atoms with Crippen LogP contribution in [0.4, 0.5) is 0 Å². The van der Waals surface area contributed by atoms with Crippen LogP contribution in [-0.2, 0) is 9.53 Å². The van der Waals surface area contributed by atoms with Gasteiger partial charge in [0.25, 0.3) is 0 Å². The summed E-state index contributed by atoms with van der Waals surface area (Å²) >= 11 is 0. The van der Waals surface area contributed by atoms with E-state index in [1.165, 1.54) is 13.0 Å². The van der Waals surface area contributed by atoms with Crippen molar-refractivity contribution >= 4 is 29.7 Å². The molecular weight excluding hydrogens is 360 g/mol. The summed E-state index contributed by atoms with van der Waals surface area (Å²) in [5, 5.41) is 22.0. The van der Waals surface area contributed by atoms with Gasteiger partial charge in [-0.2, -0.15) is 0 Å². The number of carbonyl (C=O) groups excluding carboxylic acids is 3. The van der Waals surface area contributed by atoms with Crippen molar-refractivity contribution in [3.05, 3.63) is 56.0 Å². The van der Waals surface area contributed by atoms with E-state index in [4.69, 9.17) is 4.74 Å². The summed E-state index contributed by atoms with van der Waals surface area (Å²) in [4.78, 5) is 37.4. The number of carbonyl (C=O) groups is 3. The smallest absolute Gasteiger partial charge is 0.303 e. The Morgan fingerprint density at radius 1 is 0.964 bits per heavy atom. The molecule has 6 nitrogen and oxygen atoms in total. The van der Waals surface area contributed by atoms with Crippen LogP contribution in [0.3, 0.4) is 0 Å². The first-order valence-corrected chi connectivity index (χ1v) is 8.88.